The zero-order valence-corrected chi connectivity index (χ0v) is 32.6. The Kier molecular flexibility index (Phi) is 36.9. The second kappa shape index (κ2) is 36.9. The Morgan fingerprint density at radius 2 is 0.600 bits per heavy atom. The van der Waals surface area contributed by atoms with Crippen molar-refractivity contribution in [3.63, 3.8) is 0 Å². The molecule has 0 aromatic heterocycles. The predicted octanol–water partition coefficient (Wildman–Crippen LogP) is 13.3. The van der Waals surface area contributed by atoms with Gasteiger partial charge in [0.15, 0.2) is 0 Å². The van der Waals surface area contributed by atoms with E-state index in [0.717, 1.165) is 45.1 Å². The Balaban J connectivity index is 4.60. The van der Waals surface area contributed by atoms with Crippen LogP contribution < -0.4 is 5.73 Å². The summed E-state index contributed by atoms with van der Waals surface area (Å²) in [6.45, 7) is 12.1. The molecule has 0 aliphatic heterocycles. The zero-order valence-electron chi connectivity index (χ0n) is 31.6. The maximum Gasteiger partial charge on any atom is 0.501 e. The minimum atomic E-state index is -2.74. The summed E-state index contributed by atoms with van der Waals surface area (Å²) in [5, 5.41) is 0. The van der Waals surface area contributed by atoms with Gasteiger partial charge >= 0.3 is 8.80 Å². The van der Waals surface area contributed by atoms with Crippen LogP contribution in [0.25, 0.3) is 0 Å². The van der Waals surface area contributed by atoms with Crippen LogP contribution in [0.5, 0.6) is 0 Å². The molecule has 0 heterocycles. The third kappa shape index (κ3) is 32.4. The fourth-order valence-electron chi connectivity index (χ4n) is 6.26. The molecule has 0 rings (SSSR count). The molecule has 1 unspecified atom stereocenters. The van der Waals surface area contributed by atoms with E-state index in [9.17, 15) is 0 Å². The van der Waals surface area contributed by atoms with Crippen LogP contribution in [0.1, 0.15) is 220 Å². The van der Waals surface area contributed by atoms with Crippen LogP contribution in [0.3, 0.4) is 0 Å². The van der Waals surface area contributed by atoms with E-state index < -0.39 is 8.80 Å². The van der Waals surface area contributed by atoms with Crippen molar-refractivity contribution in [2.24, 2.45) is 11.7 Å². The Morgan fingerprint density at radius 3 is 0.822 bits per heavy atom. The highest BCUT2D eigenvalue weighted by atomic mass is 28.4. The molecule has 5 heteroatoms. The first-order valence-electron chi connectivity index (χ1n) is 20.8. The predicted molar refractivity (Wildman–Crippen MR) is 202 cm³/mol. The van der Waals surface area contributed by atoms with E-state index in [0.29, 0.717) is 12.5 Å². The fraction of sp³-hybridized carbons (Fsp3) is 1.00. The summed E-state index contributed by atoms with van der Waals surface area (Å²) in [4.78, 5) is 0. The molecule has 45 heavy (non-hydrogen) atoms. The molecule has 0 amide bonds. The highest BCUT2D eigenvalue weighted by Gasteiger charge is 2.42. The van der Waals surface area contributed by atoms with E-state index in [1.54, 1.807) is 0 Å². The third-order valence-electron chi connectivity index (χ3n) is 9.46. The van der Waals surface area contributed by atoms with Gasteiger partial charge in [0.1, 0.15) is 0 Å². The molecule has 2 N–H and O–H groups in total. The molecule has 272 valence electrons. The molecule has 1 atom stereocenters. The Morgan fingerprint density at radius 1 is 0.378 bits per heavy atom. The Labute approximate surface area is 285 Å². The van der Waals surface area contributed by atoms with E-state index in [2.05, 4.69) is 27.7 Å². The van der Waals surface area contributed by atoms with Gasteiger partial charge in [-0.05, 0) is 31.7 Å². The molecular weight excluding hydrogens is 571 g/mol. The highest BCUT2D eigenvalue weighted by molar-refractivity contribution is 6.60. The monoisotopic (exact) mass is 656 g/mol. The summed E-state index contributed by atoms with van der Waals surface area (Å²) in [6, 6.07) is 0.858. The normalized spacial score (nSPS) is 12.7. The van der Waals surface area contributed by atoms with Gasteiger partial charge in [0.2, 0.25) is 0 Å². The quantitative estimate of drug-likeness (QED) is 0.0529. The first-order chi connectivity index (χ1) is 22.1. The molecule has 0 spiro atoms. The Bertz CT molecular complexity index is 485. The fourth-order valence-corrected chi connectivity index (χ4v) is 9.25. The van der Waals surface area contributed by atoms with Gasteiger partial charge in [0.05, 0.1) is 0 Å². The molecule has 0 aromatic rings. The van der Waals surface area contributed by atoms with Crippen LogP contribution in [-0.2, 0) is 13.3 Å². The largest absolute Gasteiger partial charge is 0.501 e. The van der Waals surface area contributed by atoms with Crippen LogP contribution in [0.2, 0.25) is 6.04 Å². The van der Waals surface area contributed by atoms with Crippen molar-refractivity contribution in [2.75, 3.05) is 26.4 Å². The van der Waals surface area contributed by atoms with Crippen molar-refractivity contribution in [3.8, 4) is 0 Å². The van der Waals surface area contributed by atoms with Crippen molar-refractivity contribution < 1.29 is 13.3 Å². The lowest BCUT2D eigenvalue weighted by Crippen LogP contribution is -2.48. The lowest BCUT2D eigenvalue weighted by molar-refractivity contribution is 0.0521. The van der Waals surface area contributed by atoms with Crippen LogP contribution in [0, 0.1) is 5.92 Å². The van der Waals surface area contributed by atoms with Crippen molar-refractivity contribution in [3.05, 3.63) is 0 Å². The van der Waals surface area contributed by atoms with E-state index in [4.69, 9.17) is 19.0 Å². The van der Waals surface area contributed by atoms with Gasteiger partial charge in [-0.2, -0.15) is 0 Å². The van der Waals surface area contributed by atoms with Crippen LogP contribution in [0.15, 0.2) is 0 Å². The number of unbranched alkanes of at least 4 members (excludes halogenated alkanes) is 27. The van der Waals surface area contributed by atoms with Gasteiger partial charge in [0.25, 0.3) is 0 Å². The molecule has 0 fully saturated rings. The smallest absolute Gasteiger partial charge is 0.373 e. The number of hydrogen-bond acceptors (Lipinski definition) is 4. The van der Waals surface area contributed by atoms with E-state index in [1.165, 1.54) is 173 Å². The summed E-state index contributed by atoms with van der Waals surface area (Å²) in [5.74, 6) is 0.366. The molecule has 0 saturated carbocycles. The molecular formula is C40H85NO3Si. The zero-order chi connectivity index (χ0) is 32.9. The minimum Gasteiger partial charge on any atom is -0.373 e. The first-order valence-corrected chi connectivity index (χ1v) is 22.7. The second-order valence-electron chi connectivity index (χ2n) is 14.3. The Hall–Kier alpha value is 0.0569. The van der Waals surface area contributed by atoms with Gasteiger partial charge < -0.3 is 19.0 Å². The summed E-state index contributed by atoms with van der Waals surface area (Å²) in [7, 11) is -2.74. The van der Waals surface area contributed by atoms with Gasteiger partial charge in [-0.1, -0.05) is 201 Å². The lowest BCUT2D eigenvalue weighted by atomic mass is 10.1. The van der Waals surface area contributed by atoms with Gasteiger partial charge in [-0.3, -0.25) is 0 Å². The van der Waals surface area contributed by atoms with Gasteiger partial charge in [0, 0.05) is 25.9 Å². The van der Waals surface area contributed by atoms with Crippen LogP contribution >= 0.6 is 0 Å². The number of nitrogens with two attached hydrogens (primary N) is 1. The SMILES string of the molecule is CCCCCCCCCCCCO[Si](CC(C)CN)(OCCCCCCCCCCCC)OCCCCCCCCCCCC. The summed E-state index contributed by atoms with van der Waals surface area (Å²) in [5.41, 5.74) is 6.12. The first kappa shape index (κ1) is 45.1. The van der Waals surface area contributed by atoms with Crippen LogP contribution in [0.4, 0.5) is 0 Å². The molecule has 4 nitrogen and oxygen atoms in total. The number of hydrogen-bond donors (Lipinski definition) is 1. The van der Waals surface area contributed by atoms with E-state index in [1.807, 2.05) is 0 Å². The minimum absolute atomic E-state index is 0.366. The lowest BCUT2D eigenvalue weighted by Gasteiger charge is -2.32. The summed E-state index contributed by atoms with van der Waals surface area (Å²) >= 11 is 0. The topological polar surface area (TPSA) is 53.7 Å². The van der Waals surface area contributed by atoms with Crippen molar-refractivity contribution in [1.29, 1.82) is 0 Å². The molecule has 0 aromatic carbocycles. The second-order valence-corrected chi connectivity index (χ2v) is 17.0. The molecule has 0 saturated heterocycles. The maximum atomic E-state index is 6.70. The molecule has 0 radical (unpaired) electrons. The summed E-state index contributed by atoms with van der Waals surface area (Å²) in [6.07, 6.45) is 40.2. The average Bonchev–Trinajstić information content (AvgIpc) is 3.05. The van der Waals surface area contributed by atoms with Crippen molar-refractivity contribution in [2.45, 2.75) is 226 Å². The van der Waals surface area contributed by atoms with Gasteiger partial charge in [-0.25, -0.2) is 0 Å². The van der Waals surface area contributed by atoms with Crippen molar-refractivity contribution in [1.82, 2.24) is 0 Å². The van der Waals surface area contributed by atoms with Gasteiger partial charge in [-0.15, -0.1) is 0 Å². The van der Waals surface area contributed by atoms with E-state index >= 15 is 0 Å². The van der Waals surface area contributed by atoms with E-state index in [-0.39, 0.29) is 0 Å². The molecule has 0 aliphatic carbocycles. The molecule has 0 bridgehead atoms. The molecule has 0 aliphatic rings. The summed E-state index contributed by atoms with van der Waals surface area (Å²) < 4.78 is 20.1. The standard InChI is InChI=1S/C40H85NO3Si/c1-5-8-11-14-17-20-23-26-29-32-35-42-45(39-40(4)38-41,43-36-33-30-27-24-21-18-15-12-9-6-2)44-37-34-31-28-25-22-19-16-13-10-7-3/h40H,5-39,41H2,1-4H3. The number of rotatable bonds is 39. The average molecular weight is 656 g/mol. The third-order valence-corrected chi connectivity index (χ3v) is 12.6. The maximum absolute atomic E-state index is 6.70. The highest BCUT2D eigenvalue weighted by Crippen LogP contribution is 2.24. The van der Waals surface area contributed by atoms with Crippen molar-refractivity contribution >= 4 is 8.80 Å². The van der Waals surface area contributed by atoms with Crippen LogP contribution in [-0.4, -0.2) is 35.2 Å².